The van der Waals surface area contributed by atoms with Crippen LogP contribution in [0.1, 0.15) is 28.3 Å². The van der Waals surface area contributed by atoms with Gasteiger partial charge in [0, 0.05) is 11.3 Å². The molecule has 3 aromatic carbocycles. The highest BCUT2D eigenvalue weighted by molar-refractivity contribution is 6.51. The number of carbonyl (C=O) groups is 2. The highest BCUT2D eigenvalue weighted by atomic mass is 35.5. The number of amides is 1. The molecule has 0 radical (unpaired) electrons. The first kappa shape index (κ1) is 23.9. The maximum Gasteiger partial charge on any atom is 0.416 e. The van der Waals surface area contributed by atoms with Gasteiger partial charge < -0.3 is 5.11 Å². The van der Waals surface area contributed by atoms with Crippen LogP contribution >= 0.6 is 23.2 Å². The quantitative estimate of drug-likeness (QED) is 0.238. The standard InChI is InChI=1S/C25H16Cl2F3NO3/c1-13-3-2-4-14(11-13)21-20(22(32)15-5-10-18(26)19(27)12-15)23(33)24(34)31(21)17-8-6-16(7-9-17)25(28,29)30/h2-12,21,32H,1H3/b22-20-. The van der Waals surface area contributed by atoms with Crippen molar-refractivity contribution in [2.45, 2.75) is 19.1 Å². The third-order valence-electron chi connectivity index (χ3n) is 5.47. The lowest BCUT2D eigenvalue weighted by Crippen LogP contribution is -2.29. The van der Waals surface area contributed by atoms with E-state index in [1.54, 1.807) is 18.2 Å². The SMILES string of the molecule is Cc1cccc(C2/C(=C(/O)c3ccc(Cl)c(Cl)c3)C(=O)C(=O)N2c2ccc(C(F)(F)F)cc2)c1. The van der Waals surface area contributed by atoms with Gasteiger partial charge in [-0.25, -0.2) is 0 Å². The van der Waals surface area contributed by atoms with Crippen molar-refractivity contribution in [2.24, 2.45) is 0 Å². The van der Waals surface area contributed by atoms with Gasteiger partial charge in [0.1, 0.15) is 5.76 Å². The molecule has 4 nitrogen and oxygen atoms in total. The zero-order chi connectivity index (χ0) is 24.8. The Morgan fingerprint density at radius 3 is 2.21 bits per heavy atom. The predicted molar refractivity (Wildman–Crippen MR) is 124 cm³/mol. The minimum Gasteiger partial charge on any atom is -0.507 e. The lowest BCUT2D eigenvalue weighted by atomic mass is 9.94. The minimum absolute atomic E-state index is 0.0785. The van der Waals surface area contributed by atoms with E-state index in [-0.39, 0.29) is 26.9 Å². The predicted octanol–water partition coefficient (Wildman–Crippen LogP) is 6.95. The highest BCUT2D eigenvalue weighted by Gasteiger charge is 2.47. The van der Waals surface area contributed by atoms with Gasteiger partial charge in [0.2, 0.25) is 0 Å². The van der Waals surface area contributed by atoms with Crippen LogP contribution in [-0.4, -0.2) is 16.8 Å². The van der Waals surface area contributed by atoms with Gasteiger partial charge >= 0.3 is 6.18 Å². The highest BCUT2D eigenvalue weighted by Crippen LogP contribution is 2.43. The van der Waals surface area contributed by atoms with E-state index in [0.717, 1.165) is 34.7 Å². The molecule has 1 aliphatic heterocycles. The Balaban J connectivity index is 1.92. The van der Waals surface area contributed by atoms with Gasteiger partial charge in [-0.05, 0) is 55.0 Å². The molecule has 34 heavy (non-hydrogen) atoms. The van der Waals surface area contributed by atoms with E-state index in [0.29, 0.717) is 5.56 Å². The Kier molecular flexibility index (Phi) is 6.18. The van der Waals surface area contributed by atoms with Crippen molar-refractivity contribution in [1.82, 2.24) is 0 Å². The lowest BCUT2D eigenvalue weighted by Gasteiger charge is -2.26. The summed E-state index contributed by atoms with van der Waals surface area (Å²) in [5.41, 5.74) is 0.461. The van der Waals surface area contributed by atoms with E-state index in [2.05, 4.69) is 0 Å². The van der Waals surface area contributed by atoms with Crippen molar-refractivity contribution in [2.75, 3.05) is 4.90 Å². The lowest BCUT2D eigenvalue weighted by molar-refractivity contribution is -0.137. The molecule has 1 aliphatic rings. The number of alkyl halides is 3. The third kappa shape index (κ3) is 4.29. The van der Waals surface area contributed by atoms with Crippen molar-refractivity contribution in [3.8, 4) is 0 Å². The van der Waals surface area contributed by atoms with Crippen molar-refractivity contribution in [3.63, 3.8) is 0 Å². The largest absolute Gasteiger partial charge is 0.507 e. The molecule has 1 unspecified atom stereocenters. The molecular weight excluding hydrogens is 490 g/mol. The number of hydrogen-bond donors (Lipinski definition) is 1. The maximum atomic E-state index is 13.1. The van der Waals surface area contributed by atoms with Crippen molar-refractivity contribution in [1.29, 1.82) is 0 Å². The number of anilines is 1. The molecule has 1 amide bonds. The normalized spacial score (nSPS) is 17.9. The molecule has 1 atom stereocenters. The number of ketones is 1. The molecule has 0 spiro atoms. The van der Waals surface area contributed by atoms with Crippen LogP contribution in [0.2, 0.25) is 10.0 Å². The summed E-state index contributed by atoms with van der Waals surface area (Å²) in [5.74, 6) is -2.43. The number of benzene rings is 3. The fraction of sp³-hybridized carbons (Fsp3) is 0.120. The Labute approximate surface area is 202 Å². The van der Waals surface area contributed by atoms with Crippen LogP contribution in [0.3, 0.4) is 0 Å². The molecule has 0 saturated carbocycles. The van der Waals surface area contributed by atoms with E-state index < -0.39 is 35.2 Å². The molecule has 1 N–H and O–H groups in total. The monoisotopic (exact) mass is 505 g/mol. The Bertz CT molecular complexity index is 1330. The number of nitrogens with zero attached hydrogens (tertiary/aromatic N) is 1. The van der Waals surface area contributed by atoms with Crippen LogP contribution in [0.25, 0.3) is 5.76 Å². The van der Waals surface area contributed by atoms with Gasteiger partial charge in [-0.15, -0.1) is 0 Å². The summed E-state index contributed by atoms with van der Waals surface area (Å²) in [7, 11) is 0. The second-order valence-electron chi connectivity index (χ2n) is 7.76. The van der Waals surface area contributed by atoms with Crippen molar-refractivity contribution >= 4 is 46.3 Å². The Morgan fingerprint density at radius 1 is 0.941 bits per heavy atom. The molecule has 1 saturated heterocycles. The molecule has 174 valence electrons. The summed E-state index contributed by atoms with van der Waals surface area (Å²) in [6.07, 6.45) is -4.56. The summed E-state index contributed by atoms with van der Waals surface area (Å²) in [6.45, 7) is 1.81. The van der Waals surface area contributed by atoms with Gasteiger partial charge in [0.05, 0.1) is 27.2 Å². The van der Waals surface area contributed by atoms with Crippen LogP contribution < -0.4 is 4.90 Å². The van der Waals surface area contributed by atoms with Crippen molar-refractivity contribution < 1.29 is 27.9 Å². The topological polar surface area (TPSA) is 57.6 Å². The molecule has 4 rings (SSSR count). The summed E-state index contributed by atoms with van der Waals surface area (Å²) < 4.78 is 39.1. The smallest absolute Gasteiger partial charge is 0.416 e. The van der Waals surface area contributed by atoms with Crippen LogP contribution in [0.15, 0.2) is 72.3 Å². The van der Waals surface area contributed by atoms with Crippen LogP contribution in [0, 0.1) is 6.92 Å². The molecular formula is C25H16Cl2F3NO3. The Morgan fingerprint density at radius 2 is 1.62 bits per heavy atom. The number of aliphatic hydroxyl groups is 1. The fourth-order valence-electron chi connectivity index (χ4n) is 3.86. The first-order valence-corrected chi connectivity index (χ1v) is 10.7. The van der Waals surface area contributed by atoms with Crippen LogP contribution in [0.5, 0.6) is 0 Å². The van der Waals surface area contributed by atoms with Gasteiger partial charge in [-0.1, -0.05) is 53.0 Å². The second kappa shape index (κ2) is 8.81. The number of halogens is 5. The van der Waals surface area contributed by atoms with Gasteiger partial charge in [-0.3, -0.25) is 14.5 Å². The molecule has 1 heterocycles. The molecule has 9 heteroatoms. The first-order valence-electron chi connectivity index (χ1n) is 9.99. The fourth-order valence-corrected chi connectivity index (χ4v) is 4.16. The van der Waals surface area contributed by atoms with Crippen LogP contribution in [0.4, 0.5) is 18.9 Å². The van der Waals surface area contributed by atoms with E-state index in [1.807, 2.05) is 13.0 Å². The molecule has 0 bridgehead atoms. The average Bonchev–Trinajstić information content (AvgIpc) is 3.05. The maximum absolute atomic E-state index is 13.1. The molecule has 3 aromatic rings. The summed E-state index contributed by atoms with van der Waals surface area (Å²) in [5, 5.41) is 11.4. The van der Waals surface area contributed by atoms with Gasteiger partial charge in [-0.2, -0.15) is 13.2 Å². The molecule has 0 aromatic heterocycles. The van der Waals surface area contributed by atoms with E-state index >= 15 is 0 Å². The molecule has 1 fully saturated rings. The Hall–Kier alpha value is -3.29. The van der Waals surface area contributed by atoms with E-state index in [4.69, 9.17) is 23.2 Å². The molecule has 0 aliphatic carbocycles. The summed E-state index contributed by atoms with van der Waals surface area (Å²) in [6, 6.07) is 14.0. The number of aryl methyl sites for hydroxylation is 1. The van der Waals surface area contributed by atoms with Crippen LogP contribution in [-0.2, 0) is 15.8 Å². The zero-order valence-corrected chi connectivity index (χ0v) is 19.0. The first-order chi connectivity index (χ1) is 16.0. The zero-order valence-electron chi connectivity index (χ0n) is 17.5. The third-order valence-corrected chi connectivity index (χ3v) is 6.21. The summed E-state index contributed by atoms with van der Waals surface area (Å²) in [4.78, 5) is 27.3. The second-order valence-corrected chi connectivity index (χ2v) is 8.57. The average molecular weight is 506 g/mol. The van der Waals surface area contributed by atoms with E-state index in [9.17, 15) is 27.9 Å². The number of rotatable bonds is 3. The van der Waals surface area contributed by atoms with Gasteiger partial charge in [0.15, 0.2) is 0 Å². The number of Topliss-reactive ketones (excluding diaryl/α,β-unsaturated/α-hetero) is 1. The van der Waals surface area contributed by atoms with Gasteiger partial charge in [0.25, 0.3) is 11.7 Å². The number of aliphatic hydroxyl groups excluding tert-OH is 1. The van der Waals surface area contributed by atoms with Crippen molar-refractivity contribution in [3.05, 3.63) is 105 Å². The number of carbonyl (C=O) groups excluding carboxylic acids is 2. The van der Waals surface area contributed by atoms with E-state index in [1.165, 1.54) is 18.2 Å². The number of hydrogen-bond acceptors (Lipinski definition) is 3. The minimum atomic E-state index is -4.56. The summed E-state index contributed by atoms with van der Waals surface area (Å²) >= 11 is 12.0.